The monoisotopic (exact) mass is 544 g/mol. The van der Waals surface area contributed by atoms with Gasteiger partial charge in [-0.2, -0.15) is 0 Å². The summed E-state index contributed by atoms with van der Waals surface area (Å²) in [5.41, 5.74) is 3.78. The van der Waals surface area contributed by atoms with Crippen molar-refractivity contribution >= 4 is 23.4 Å². The Morgan fingerprint density at radius 3 is 2.45 bits per heavy atom. The Hall–Kier alpha value is -3.39. The number of hydrogen-bond acceptors (Lipinski definition) is 5. The van der Waals surface area contributed by atoms with E-state index >= 15 is 0 Å². The molecule has 0 saturated carbocycles. The predicted octanol–water partition coefficient (Wildman–Crippen LogP) is 4.14. The zero-order chi connectivity index (χ0) is 27.9. The van der Waals surface area contributed by atoms with Gasteiger partial charge >= 0.3 is 0 Å². The summed E-state index contributed by atoms with van der Waals surface area (Å²) in [7, 11) is 0. The first kappa shape index (κ1) is 26.8. The van der Waals surface area contributed by atoms with Gasteiger partial charge in [-0.05, 0) is 82.2 Å². The molecule has 4 aliphatic heterocycles. The van der Waals surface area contributed by atoms with E-state index in [-0.39, 0.29) is 23.3 Å². The van der Waals surface area contributed by atoms with Gasteiger partial charge in [0.25, 0.3) is 5.91 Å². The predicted molar refractivity (Wildman–Crippen MR) is 153 cm³/mol. The molecular weight excluding hydrogens is 504 g/mol. The number of rotatable bonds is 5. The number of amides is 3. The molecule has 1 atom stereocenters. The van der Waals surface area contributed by atoms with E-state index in [9.17, 15) is 14.4 Å². The Bertz CT molecular complexity index is 1300. The summed E-state index contributed by atoms with van der Waals surface area (Å²) in [4.78, 5) is 42.2. The van der Waals surface area contributed by atoms with Gasteiger partial charge in [0, 0.05) is 38.0 Å². The minimum Gasteiger partial charge on any atom is -0.487 e. The van der Waals surface area contributed by atoms with E-state index in [1.54, 1.807) is 12.1 Å². The van der Waals surface area contributed by atoms with Crippen LogP contribution in [-0.2, 0) is 22.6 Å². The van der Waals surface area contributed by atoms with Crippen molar-refractivity contribution in [2.45, 2.75) is 77.0 Å². The summed E-state index contributed by atoms with van der Waals surface area (Å²) in [5.74, 6) is 0.661. The SMILES string of the molecule is CC1(C)Cc2cccc(CN3CCC4(CC3)CCN(C(=O)c3ccccc3NC(=O)C3CCC(=O)N3)CC4)c2O1. The first-order valence-corrected chi connectivity index (χ1v) is 14.7. The lowest BCUT2D eigenvalue weighted by Gasteiger charge is -2.47. The summed E-state index contributed by atoms with van der Waals surface area (Å²) >= 11 is 0. The standard InChI is InChI=1S/C32H40N4O4/c1-31(2)20-22-6-5-7-23(28(22)40-31)21-35-16-12-32(13-17-35)14-18-36(19-15-32)30(39)24-8-3-4-9-25(24)34-29(38)26-10-11-27(37)33-26/h3-9,26H,10-21H2,1-2H3,(H,33,37)(H,34,38). The van der Waals surface area contributed by atoms with Crippen molar-refractivity contribution in [3.8, 4) is 5.75 Å². The number of likely N-dealkylation sites (tertiary alicyclic amines) is 2. The van der Waals surface area contributed by atoms with Gasteiger partial charge in [0.05, 0.1) is 11.3 Å². The molecule has 212 valence electrons. The number of carbonyl (C=O) groups excluding carboxylic acids is 3. The van der Waals surface area contributed by atoms with Crippen LogP contribution in [0.1, 0.15) is 73.9 Å². The molecular formula is C32H40N4O4. The molecule has 2 N–H and O–H groups in total. The highest BCUT2D eigenvalue weighted by Crippen LogP contribution is 2.43. The number of ether oxygens (including phenoxy) is 1. The van der Waals surface area contributed by atoms with E-state index in [0.29, 0.717) is 29.5 Å². The molecule has 3 saturated heterocycles. The quantitative estimate of drug-likeness (QED) is 0.591. The highest BCUT2D eigenvalue weighted by atomic mass is 16.5. The second-order valence-electron chi connectivity index (χ2n) is 12.7. The summed E-state index contributed by atoms with van der Waals surface area (Å²) in [6.07, 6.45) is 6.11. The van der Waals surface area contributed by atoms with E-state index in [1.807, 2.05) is 17.0 Å². The lowest BCUT2D eigenvalue weighted by molar-refractivity contribution is -0.122. The van der Waals surface area contributed by atoms with Crippen LogP contribution in [0.25, 0.3) is 0 Å². The third-order valence-electron chi connectivity index (χ3n) is 9.32. The number of benzene rings is 2. The van der Waals surface area contributed by atoms with Crippen molar-refractivity contribution in [2.75, 3.05) is 31.5 Å². The number of hydrogen-bond donors (Lipinski definition) is 2. The molecule has 8 nitrogen and oxygen atoms in total. The van der Waals surface area contributed by atoms with Crippen molar-refractivity contribution in [1.29, 1.82) is 0 Å². The average molecular weight is 545 g/mol. The lowest BCUT2D eigenvalue weighted by atomic mass is 9.71. The van der Waals surface area contributed by atoms with Gasteiger partial charge < -0.3 is 20.3 Å². The van der Waals surface area contributed by atoms with Gasteiger partial charge in [-0.25, -0.2) is 0 Å². The number of anilines is 1. The Morgan fingerprint density at radius 2 is 1.73 bits per heavy atom. The molecule has 0 aliphatic carbocycles. The maximum Gasteiger partial charge on any atom is 0.255 e. The second kappa shape index (κ2) is 10.5. The van der Waals surface area contributed by atoms with E-state index < -0.39 is 6.04 Å². The van der Waals surface area contributed by atoms with Crippen LogP contribution in [0, 0.1) is 5.41 Å². The molecule has 0 bridgehead atoms. The molecule has 0 aromatic heterocycles. The molecule has 1 spiro atoms. The average Bonchev–Trinajstić information content (AvgIpc) is 3.52. The molecule has 40 heavy (non-hydrogen) atoms. The van der Waals surface area contributed by atoms with Crippen molar-refractivity contribution in [3.05, 3.63) is 59.2 Å². The number of para-hydroxylation sites is 2. The van der Waals surface area contributed by atoms with Crippen molar-refractivity contribution in [1.82, 2.24) is 15.1 Å². The maximum absolute atomic E-state index is 13.5. The summed E-state index contributed by atoms with van der Waals surface area (Å²) in [5, 5.41) is 5.57. The molecule has 3 fully saturated rings. The number of fused-ring (bicyclic) bond motifs is 1. The molecule has 2 aromatic rings. The second-order valence-corrected chi connectivity index (χ2v) is 12.7. The van der Waals surface area contributed by atoms with Crippen molar-refractivity contribution in [3.63, 3.8) is 0 Å². The first-order chi connectivity index (χ1) is 19.2. The van der Waals surface area contributed by atoms with Gasteiger partial charge in [-0.3, -0.25) is 19.3 Å². The van der Waals surface area contributed by atoms with Crippen molar-refractivity contribution in [2.24, 2.45) is 5.41 Å². The van der Waals surface area contributed by atoms with E-state index in [0.717, 1.165) is 70.6 Å². The topological polar surface area (TPSA) is 91.0 Å². The van der Waals surface area contributed by atoms with Crippen LogP contribution in [0.15, 0.2) is 42.5 Å². The molecule has 4 heterocycles. The minimum atomic E-state index is -0.543. The first-order valence-electron chi connectivity index (χ1n) is 14.7. The fraction of sp³-hybridized carbons (Fsp3) is 0.531. The number of nitrogens with zero attached hydrogens (tertiary/aromatic N) is 2. The zero-order valence-electron chi connectivity index (χ0n) is 23.6. The molecule has 0 radical (unpaired) electrons. The van der Waals surface area contributed by atoms with Gasteiger partial charge in [-0.1, -0.05) is 30.3 Å². The molecule has 8 heteroatoms. The Labute approximate surface area is 236 Å². The van der Waals surface area contributed by atoms with Gasteiger partial charge in [0.1, 0.15) is 17.4 Å². The van der Waals surface area contributed by atoms with Gasteiger partial charge in [-0.15, -0.1) is 0 Å². The highest BCUT2D eigenvalue weighted by Gasteiger charge is 2.39. The number of nitrogens with one attached hydrogen (secondary N) is 2. The molecule has 4 aliphatic rings. The fourth-order valence-corrected chi connectivity index (χ4v) is 6.89. The van der Waals surface area contributed by atoms with Crippen LogP contribution in [-0.4, -0.2) is 65.3 Å². The van der Waals surface area contributed by atoms with Crippen molar-refractivity contribution < 1.29 is 19.1 Å². The highest BCUT2D eigenvalue weighted by molar-refractivity contribution is 6.06. The fourth-order valence-electron chi connectivity index (χ4n) is 6.89. The third kappa shape index (κ3) is 5.46. The van der Waals surface area contributed by atoms with Crippen LogP contribution in [0.5, 0.6) is 5.75 Å². The van der Waals surface area contributed by atoms with E-state index in [1.165, 1.54) is 11.1 Å². The Balaban J connectivity index is 1.03. The zero-order valence-corrected chi connectivity index (χ0v) is 23.6. The van der Waals surface area contributed by atoms with Gasteiger partial charge in [0.2, 0.25) is 11.8 Å². The summed E-state index contributed by atoms with van der Waals surface area (Å²) in [6.45, 7) is 8.83. The normalized spacial score (nSPS) is 23.4. The Kier molecular flexibility index (Phi) is 7.07. The third-order valence-corrected chi connectivity index (χ3v) is 9.32. The molecule has 3 amide bonds. The summed E-state index contributed by atoms with van der Waals surface area (Å²) < 4.78 is 6.30. The minimum absolute atomic E-state index is 0.0421. The Morgan fingerprint density at radius 1 is 1.00 bits per heavy atom. The largest absolute Gasteiger partial charge is 0.487 e. The van der Waals surface area contributed by atoms with Crippen LogP contribution >= 0.6 is 0 Å². The smallest absolute Gasteiger partial charge is 0.255 e. The molecule has 1 unspecified atom stereocenters. The maximum atomic E-state index is 13.5. The molecule has 2 aromatic carbocycles. The van der Waals surface area contributed by atoms with Crippen LogP contribution < -0.4 is 15.4 Å². The summed E-state index contributed by atoms with van der Waals surface area (Å²) in [6, 6.07) is 13.2. The van der Waals surface area contributed by atoms with Gasteiger partial charge in [0.15, 0.2) is 0 Å². The lowest BCUT2D eigenvalue weighted by Crippen LogP contribution is -2.48. The van der Waals surface area contributed by atoms with Crippen LogP contribution in [0.4, 0.5) is 5.69 Å². The van der Waals surface area contributed by atoms with E-state index in [2.05, 4.69) is 47.6 Å². The van der Waals surface area contributed by atoms with Crippen LogP contribution in [0.2, 0.25) is 0 Å². The molecule has 6 rings (SSSR count). The number of carbonyl (C=O) groups is 3. The van der Waals surface area contributed by atoms with E-state index in [4.69, 9.17) is 4.74 Å². The van der Waals surface area contributed by atoms with Crippen LogP contribution in [0.3, 0.4) is 0 Å². The number of piperidine rings is 2.